The minimum atomic E-state index is -4.58. The molecule has 0 spiro atoms. The first-order chi connectivity index (χ1) is 11.9. The smallest absolute Gasteiger partial charge is 0.223 e. The van der Waals surface area contributed by atoms with Crippen LogP contribution in [0, 0.1) is 5.82 Å². The van der Waals surface area contributed by atoms with Crippen LogP contribution in [0.25, 0.3) is 11.8 Å². The third kappa shape index (κ3) is 3.93. The molecular weight excluding hydrogens is 334 g/mol. The van der Waals surface area contributed by atoms with E-state index in [-0.39, 0.29) is 0 Å². The summed E-state index contributed by atoms with van der Waals surface area (Å²) in [6.45, 7) is 0. The van der Waals surface area contributed by atoms with E-state index >= 15 is 0 Å². The van der Waals surface area contributed by atoms with Crippen molar-refractivity contribution in [2.75, 3.05) is 0 Å². The van der Waals surface area contributed by atoms with Gasteiger partial charge in [-0.15, -0.1) is 0 Å². The largest absolute Gasteiger partial charge is 0.399 e. The SMILES string of the molecule is Fc1ccccc1C(C=Cc1ccc(-n2cncn2)cc1)C(F)(F)F. The fourth-order valence-corrected chi connectivity index (χ4v) is 2.40. The lowest BCUT2D eigenvalue weighted by atomic mass is 9.96. The van der Waals surface area contributed by atoms with Gasteiger partial charge in [0.05, 0.1) is 5.69 Å². The van der Waals surface area contributed by atoms with Gasteiger partial charge in [-0.25, -0.2) is 14.1 Å². The Labute approximate surface area is 141 Å². The first-order valence-corrected chi connectivity index (χ1v) is 7.39. The van der Waals surface area contributed by atoms with Gasteiger partial charge >= 0.3 is 6.18 Å². The Bertz CT molecular complexity index is 853. The van der Waals surface area contributed by atoms with E-state index in [9.17, 15) is 17.6 Å². The Morgan fingerprint density at radius 1 is 1.00 bits per heavy atom. The number of rotatable bonds is 4. The molecule has 2 aromatic carbocycles. The second-order valence-electron chi connectivity index (χ2n) is 5.33. The minimum Gasteiger partial charge on any atom is -0.223 e. The van der Waals surface area contributed by atoms with Crippen LogP contribution >= 0.6 is 0 Å². The zero-order valence-corrected chi connectivity index (χ0v) is 12.9. The topological polar surface area (TPSA) is 30.7 Å². The molecule has 0 radical (unpaired) electrons. The minimum absolute atomic E-state index is 0.398. The normalized spacial score (nSPS) is 13.3. The molecule has 1 atom stereocenters. The van der Waals surface area contributed by atoms with E-state index in [2.05, 4.69) is 10.1 Å². The monoisotopic (exact) mass is 347 g/mol. The van der Waals surface area contributed by atoms with Crippen LogP contribution in [0.5, 0.6) is 0 Å². The highest BCUT2D eigenvalue weighted by Crippen LogP contribution is 2.37. The van der Waals surface area contributed by atoms with Crippen LogP contribution in [-0.4, -0.2) is 20.9 Å². The van der Waals surface area contributed by atoms with Crippen molar-refractivity contribution in [2.24, 2.45) is 0 Å². The molecule has 3 aromatic rings. The lowest BCUT2D eigenvalue weighted by Crippen LogP contribution is -2.20. The predicted octanol–water partition coefficient (Wildman–Crippen LogP) is 4.77. The summed E-state index contributed by atoms with van der Waals surface area (Å²) in [6.07, 6.45) is 0.608. The van der Waals surface area contributed by atoms with Crippen LogP contribution in [0.2, 0.25) is 0 Å². The Kier molecular flexibility index (Phi) is 4.65. The summed E-state index contributed by atoms with van der Waals surface area (Å²) < 4.78 is 55.2. The van der Waals surface area contributed by atoms with E-state index in [0.29, 0.717) is 5.56 Å². The highest BCUT2D eigenvalue weighted by atomic mass is 19.4. The van der Waals surface area contributed by atoms with Crippen molar-refractivity contribution in [2.45, 2.75) is 12.1 Å². The van der Waals surface area contributed by atoms with Gasteiger partial charge in [0.15, 0.2) is 0 Å². The van der Waals surface area contributed by atoms with E-state index in [0.717, 1.165) is 23.9 Å². The predicted molar refractivity (Wildman–Crippen MR) is 85.6 cm³/mol. The molecule has 0 saturated carbocycles. The van der Waals surface area contributed by atoms with Gasteiger partial charge in [0.2, 0.25) is 0 Å². The van der Waals surface area contributed by atoms with E-state index < -0.39 is 23.5 Å². The molecule has 0 fully saturated rings. The zero-order valence-electron chi connectivity index (χ0n) is 12.9. The lowest BCUT2D eigenvalue weighted by Gasteiger charge is -2.17. The average molecular weight is 347 g/mol. The molecule has 0 aliphatic carbocycles. The molecule has 1 unspecified atom stereocenters. The Balaban J connectivity index is 1.86. The van der Waals surface area contributed by atoms with Crippen molar-refractivity contribution in [3.8, 4) is 5.69 Å². The Hall–Kier alpha value is -2.96. The molecule has 1 heterocycles. The van der Waals surface area contributed by atoms with Gasteiger partial charge in [-0.2, -0.15) is 18.3 Å². The number of hydrogen-bond donors (Lipinski definition) is 0. The summed E-state index contributed by atoms with van der Waals surface area (Å²) in [5, 5.41) is 3.97. The molecule has 0 N–H and O–H groups in total. The maximum atomic E-state index is 13.8. The van der Waals surface area contributed by atoms with Crippen LogP contribution in [0.3, 0.4) is 0 Å². The quantitative estimate of drug-likeness (QED) is 0.637. The molecule has 128 valence electrons. The molecule has 3 rings (SSSR count). The number of alkyl halides is 3. The summed E-state index contributed by atoms with van der Waals surface area (Å²) in [5.74, 6) is -2.89. The Morgan fingerprint density at radius 2 is 1.72 bits per heavy atom. The van der Waals surface area contributed by atoms with Crippen molar-refractivity contribution in [3.63, 3.8) is 0 Å². The number of benzene rings is 2. The van der Waals surface area contributed by atoms with Crippen molar-refractivity contribution < 1.29 is 17.6 Å². The molecule has 25 heavy (non-hydrogen) atoms. The summed E-state index contributed by atoms with van der Waals surface area (Å²) in [4.78, 5) is 3.83. The van der Waals surface area contributed by atoms with Crippen molar-refractivity contribution in [1.29, 1.82) is 0 Å². The third-order valence-corrected chi connectivity index (χ3v) is 3.65. The van der Waals surface area contributed by atoms with Gasteiger partial charge in [0.1, 0.15) is 24.4 Å². The summed E-state index contributed by atoms with van der Waals surface area (Å²) in [6, 6.07) is 11.6. The second kappa shape index (κ2) is 6.88. The zero-order chi connectivity index (χ0) is 17.9. The molecular formula is C18H13F4N3. The summed E-state index contributed by atoms with van der Waals surface area (Å²) in [7, 11) is 0. The van der Waals surface area contributed by atoms with Crippen LogP contribution in [0.1, 0.15) is 17.0 Å². The third-order valence-electron chi connectivity index (χ3n) is 3.65. The molecule has 0 saturated heterocycles. The van der Waals surface area contributed by atoms with E-state index in [4.69, 9.17) is 0 Å². The van der Waals surface area contributed by atoms with Gasteiger partial charge in [-0.1, -0.05) is 42.5 Å². The van der Waals surface area contributed by atoms with Crippen molar-refractivity contribution >= 4 is 6.08 Å². The average Bonchev–Trinajstić information content (AvgIpc) is 3.10. The molecule has 3 nitrogen and oxygen atoms in total. The molecule has 7 heteroatoms. The van der Waals surface area contributed by atoms with Gasteiger partial charge < -0.3 is 0 Å². The summed E-state index contributed by atoms with van der Waals surface area (Å²) >= 11 is 0. The molecule has 1 aromatic heterocycles. The number of allylic oxidation sites excluding steroid dienone is 1. The van der Waals surface area contributed by atoms with Gasteiger partial charge in [0, 0.05) is 5.56 Å². The highest BCUT2D eigenvalue weighted by molar-refractivity contribution is 5.53. The van der Waals surface area contributed by atoms with Gasteiger partial charge in [-0.3, -0.25) is 0 Å². The lowest BCUT2D eigenvalue weighted by molar-refractivity contribution is -0.139. The molecule has 0 aliphatic heterocycles. The van der Waals surface area contributed by atoms with Crippen LogP contribution < -0.4 is 0 Å². The number of aromatic nitrogens is 3. The van der Waals surface area contributed by atoms with Crippen molar-refractivity contribution in [3.05, 3.63) is 84.2 Å². The van der Waals surface area contributed by atoms with Crippen LogP contribution in [0.4, 0.5) is 17.6 Å². The second-order valence-corrected chi connectivity index (χ2v) is 5.33. The van der Waals surface area contributed by atoms with Crippen molar-refractivity contribution in [1.82, 2.24) is 14.8 Å². The highest BCUT2D eigenvalue weighted by Gasteiger charge is 2.40. The molecule has 0 amide bonds. The number of nitrogens with zero attached hydrogens (tertiary/aromatic N) is 3. The first kappa shape index (κ1) is 16.9. The fourth-order valence-electron chi connectivity index (χ4n) is 2.40. The first-order valence-electron chi connectivity index (χ1n) is 7.39. The van der Waals surface area contributed by atoms with Gasteiger partial charge in [-0.05, 0) is 23.8 Å². The summed E-state index contributed by atoms with van der Waals surface area (Å²) in [5.41, 5.74) is 0.899. The maximum Gasteiger partial charge on any atom is 0.399 e. The fraction of sp³-hybridized carbons (Fsp3) is 0.111. The molecule has 0 bridgehead atoms. The van der Waals surface area contributed by atoms with E-state index in [1.54, 1.807) is 24.3 Å². The van der Waals surface area contributed by atoms with E-state index in [1.807, 2.05) is 0 Å². The number of hydrogen-bond acceptors (Lipinski definition) is 2. The maximum absolute atomic E-state index is 13.8. The van der Waals surface area contributed by atoms with Gasteiger partial charge in [0.25, 0.3) is 0 Å². The van der Waals surface area contributed by atoms with Crippen LogP contribution in [0.15, 0.2) is 67.3 Å². The van der Waals surface area contributed by atoms with E-state index in [1.165, 1.54) is 35.5 Å². The Morgan fingerprint density at radius 3 is 2.32 bits per heavy atom. The number of halogens is 4. The standard InChI is InChI=1S/C18H13F4N3/c19-17-4-2-1-3-15(17)16(18(20,21)22)10-7-13-5-8-14(9-6-13)25-12-23-11-24-25/h1-12,16H. The molecule has 0 aliphatic rings. The van der Waals surface area contributed by atoms with Crippen LogP contribution in [-0.2, 0) is 0 Å².